The first-order valence-electron chi connectivity index (χ1n) is 7.04. The van der Waals surface area contributed by atoms with E-state index in [2.05, 4.69) is 21.2 Å². The van der Waals surface area contributed by atoms with E-state index in [0.717, 1.165) is 4.47 Å². The van der Waals surface area contributed by atoms with Crippen molar-refractivity contribution in [3.8, 4) is 17.2 Å². The summed E-state index contributed by atoms with van der Waals surface area (Å²) < 4.78 is 16.7. The van der Waals surface area contributed by atoms with Crippen LogP contribution in [0.3, 0.4) is 0 Å². The van der Waals surface area contributed by atoms with Gasteiger partial charge in [-0.2, -0.15) is 0 Å². The van der Waals surface area contributed by atoms with Crippen LogP contribution in [0.1, 0.15) is 17.3 Å². The highest BCUT2D eigenvalue weighted by Crippen LogP contribution is 2.30. The van der Waals surface area contributed by atoms with Crippen molar-refractivity contribution in [1.82, 2.24) is 0 Å². The van der Waals surface area contributed by atoms with Gasteiger partial charge in [0, 0.05) is 16.2 Å². The lowest BCUT2D eigenvalue weighted by Gasteiger charge is -2.13. The van der Waals surface area contributed by atoms with Gasteiger partial charge in [0.15, 0.2) is 11.5 Å². The van der Waals surface area contributed by atoms with Crippen LogP contribution >= 0.6 is 15.9 Å². The predicted molar refractivity (Wildman–Crippen MR) is 92.8 cm³/mol. The van der Waals surface area contributed by atoms with Crippen molar-refractivity contribution in [3.63, 3.8) is 0 Å². The number of nitrogens with one attached hydrogen (secondary N) is 1. The monoisotopic (exact) mass is 379 g/mol. The van der Waals surface area contributed by atoms with Crippen molar-refractivity contribution in [2.24, 2.45) is 0 Å². The summed E-state index contributed by atoms with van der Waals surface area (Å²) in [6, 6.07) is 10.5. The van der Waals surface area contributed by atoms with Gasteiger partial charge in [-0.25, -0.2) is 0 Å². The molecule has 122 valence electrons. The number of hydrogen-bond donors (Lipinski definition) is 1. The zero-order chi connectivity index (χ0) is 16.8. The Balaban J connectivity index is 2.27. The largest absolute Gasteiger partial charge is 0.493 e. The summed E-state index contributed by atoms with van der Waals surface area (Å²) in [5.74, 6) is 1.42. The number of amides is 1. The summed E-state index contributed by atoms with van der Waals surface area (Å²) in [6.45, 7) is 2.36. The minimum atomic E-state index is -0.262. The Bertz CT molecular complexity index is 703. The van der Waals surface area contributed by atoms with Crippen LogP contribution in [0.4, 0.5) is 5.69 Å². The van der Waals surface area contributed by atoms with Crippen LogP contribution in [-0.2, 0) is 0 Å². The summed E-state index contributed by atoms with van der Waals surface area (Å²) >= 11 is 3.37. The lowest BCUT2D eigenvalue weighted by atomic mass is 10.1. The number of ether oxygens (including phenoxy) is 3. The molecule has 2 rings (SSSR count). The lowest BCUT2D eigenvalue weighted by Crippen LogP contribution is -2.14. The maximum atomic E-state index is 12.5. The maximum absolute atomic E-state index is 12.5. The number of hydrogen-bond acceptors (Lipinski definition) is 4. The average Bonchev–Trinajstić information content (AvgIpc) is 2.56. The smallest absolute Gasteiger partial charge is 0.259 e. The van der Waals surface area contributed by atoms with Gasteiger partial charge in [-0.3, -0.25) is 4.79 Å². The van der Waals surface area contributed by atoms with Crippen molar-refractivity contribution in [2.45, 2.75) is 6.92 Å². The molecule has 0 radical (unpaired) electrons. The third-order valence-corrected chi connectivity index (χ3v) is 3.62. The molecule has 6 heteroatoms. The molecule has 0 saturated heterocycles. The standard InChI is InChI=1S/C17H18BrNO4/c1-4-23-14-7-5-11(18)9-13(14)17(20)19-12-6-8-15(21-2)16(10-12)22-3/h5-10H,4H2,1-3H3,(H,19,20). The van der Waals surface area contributed by atoms with Gasteiger partial charge < -0.3 is 19.5 Å². The molecule has 1 amide bonds. The summed E-state index contributed by atoms with van der Waals surface area (Å²) in [5, 5.41) is 2.83. The van der Waals surface area contributed by atoms with Crippen LogP contribution < -0.4 is 19.5 Å². The Morgan fingerprint density at radius 3 is 2.39 bits per heavy atom. The number of carbonyl (C=O) groups is 1. The SMILES string of the molecule is CCOc1ccc(Br)cc1C(=O)Nc1ccc(OC)c(OC)c1. The molecule has 0 aromatic heterocycles. The van der Waals surface area contributed by atoms with Gasteiger partial charge >= 0.3 is 0 Å². The molecule has 2 aromatic carbocycles. The fraction of sp³-hybridized carbons (Fsp3) is 0.235. The van der Waals surface area contributed by atoms with Gasteiger partial charge in [0.05, 0.1) is 26.4 Å². The molecule has 0 saturated carbocycles. The first-order valence-corrected chi connectivity index (χ1v) is 7.84. The van der Waals surface area contributed by atoms with Gasteiger partial charge in [-0.1, -0.05) is 15.9 Å². The summed E-state index contributed by atoms with van der Waals surface area (Å²) in [5.41, 5.74) is 1.06. The van der Waals surface area contributed by atoms with E-state index in [-0.39, 0.29) is 5.91 Å². The number of benzene rings is 2. The second-order valence-electron chi connectivity index (χ2n) is 4.60. The molecule has 0 aliphatic rings. The van der Waals surface area contributed by atoms with E-state index in [1.165, 1.54) is 0 Å². The first-order chi connectivity index (χ1) is 11.1. The highest BCUT2D eigenvalue weighted by atomic mass is 79.9. The summed E-state index contributed by atoms with van der Waals surface area (Å²) in [6.07, 6.45) is 0. The summed E-state index contributed by atoms with van der Waals surface area (Å²) in [4.78, 5) is 12.5. The number of carbonyl (C=O) groups excluding carboxylic acids is 1. The van der Waals surface area contributed by atoms with Crippen LogP contribution in [0.25, 0.3) is 0 Å². The van der Waals surface area contributed by atoms with Crippen LogP contribution in [0.15, 0.2) is 40.9 Å². The molecule has 23 heavy (non-hydrogen) atoms. The molecule has 0 heterocycles. The fourth-order valence-electron chi connectivity index (χ4n) is 2.07. The summed E-state index contributed by atoms with van der Waals surface area (Å²) in [7, 11) is 3.11. The molecule has 5 nitrogen and oxygen atoms in total. The van der Waals surface area contributed by atoms with Crippen LogP contribution in [0.2, 0.25) is 0 Å². The van der Waals surface area contributed by atoms with E-state index in [1.807, 2.05) is 13.0 Å². The molecule has 0 spiro atoms. The van der Waals surface area contributed by atoms with Gasteiger partial charge in [0.25, 0.3) is 5.91 Å². The van der Waals surface area contributed by atoms with Gasteiger partial charge in [0.1, 0.15) is 5.75 Å². The predicted octanol–water partition coefficient (Wildman–Crippen LogP) is 4.12. The molecule has 0 aliphatic heterocycles. The Morgan fingerprint density at radius 2 is 1.74 bits per heavy atom. The van der Waals surface area contributed by atoms with Crippen LogP contribution in [0, 0.1) is 0 Å². The average molecular weight is 380 g/mol. The van der Waals surface area contributed by atoms with Gasteiger partial charge in [-0.15, -0.1) is 0 Å². The van der Waals surface area contributed by atoms with Crippen molar-refractivity contribution in [1.29, 1.82) is 0 Å². The van der Waals surface area contributed by atoms with E-state index in [9.17, 15) is 4.79 Å². The topological polar surface area (TPSA) is 56.8 Å². The molecule has 0 atom stereocenters. The highest BCUT2D eigenvalue weighted by molar-refractivity contribution is 9.10. The third kappa shape index (κ3) is 4.16. The Labute approximate surface area is 143 Å². The molecule has 2 aromatic rings. The van der Waals surface area contributed by atoms with Gasteiger partial charge in [0.2, 0.25) is 0 Å². The van der Waals surface area contributed by atoms with E-state index < -0.39 is 0 Å². The molecule has 0 unspecified atom stereocenters. The molecule has 1 N–H and O–H groups in total. The van der Waals surface area contributed by atoms with Crippen molar-refractivity contribution in [3.05, 3.63) is 46.4 Å². The minimum Gasteiger partial charge on any atom is -0.493 e. The number of methoxy groups -OCH3 is 2. The fourth-order valence-corrected chi connectivity index (χ4v) is 2.43. The molecule has 0 bridgehead atoms. The molecule has 0 fully saturated rings. The van der Waals surface area contributed by atoms with Crippen LogP contribution in [-0.4, -0.2) is 26.7 Å². The zero-order valence-electron chi connectivity index (χ0n) is 13.2. The molecular weight excluding hydrogens is 362 g/mol. The molecular formula is C17H18BrNO4. The van der Waals surface area contributed by atoms with Crippen LogP contribution in [0.5, 0.6) is 17.2 Å². The second kappa shape index (κ2) is 7.87. The molecule has 0 aliphatic carbocycles. The van der Waals surface area contributed by atoms with E-state index in [4.69, 9.17) is 14.2 Å². The normalized spacial score (nSPS) is 10.1. The third-order valence-electron chi connectivity index (χ3n) is 3.13. The van der Waals surface area contributed by atoms with Crippen molar-refractivity contribution < 1.29 is 19.0 Å². The number of anilines is 1. The van der Waals surface area contributed by atoms with E-state index in [1.54, 1.807) is 44.6 Å². The number of rotatable bonds is 6. The Kier molecular flexibility index (Phi) is 5.87. The zero-order valence-corrected chi connectivity index (χ0v) is 14.8. The minimum absolute atomic E-state index is 0.262. The quantitative estimate of drug-likeness (QED) is 0.819. The van der Waals surface area contributed by atoms with Gasteiger partial charge in [-0.05, 0) is 37.3 Å². The highest BCUT2D eigenvalue weighted by Gasteiger charge is 2.14. The van der Waals surface area contributed by atoms with E-state index >= 15 is 0 Å². The second-order valence-corrected chi connectivity index (χ2v) is 5.51. The van der Waals surface area contributed by atoms with Crippen molar-refractivity contribution in [2.75, 3.05) is 26.1 Å². The van der Waals surface area contributed by atoms with Crippen molar-refractivity contribution >= 4 is 27.5 Å². The first kappa shape index (κ1) is 17.1. The van der Waals surface area contributed by atoms with E-state index in [0.29, 0.717) is 35.1 Å². The lowest BCUT2D eigenvalue weighted by molar-refractivity contribution is 0.102. The Morgan fingerprint density at radius 1 is 1.04 bits per heavy atom. The number of halogens is 1. The Hall–Kier alpha value is -2.21. The maximum Gasteiger partial charge on any atom is 0.259 e.